The van der Waals surface area contributed by atoms with Crippen molar-refractivity contribution < 1.29 is 8.78 Å². The van der Waals surface area contributed by atoms with Gasteiger partial charge in [0.05, 0.1) is 6.20 Å². The van der Waals surface area contributed by atoms with E-state index in [4.69, 9.17) is 0 Å². The molecule has 6 nitrogen and oxygen atoms in total. The van der Waals surface area contributed by atoms with Gasteiger partial charge in [0.25, 0.3) is 0 Å². The molecule has 0 atom stereocenters. The Morgan fingerprint density at radius 1 is 1.09 bits per heavy atom. The van der Waals surface area contributed by atoms with Crippen LogP contribution in [0.1, 0.15) is 0 Å². The molecule has 0 bridgehead atoms. The van der Waals surface area contributed by atoms with Gasteiger partial charge in [-0.15, -0.1) is 5.10 Å². The quantitative estimate of drug-likeness (QED) is 0.930. The maximum absolute atomic E-state index is 13.2. The summed E-state index contributed by atoms with van der Waals surface area (Å²) in [6, 6.07) is 3.58. The number of likely N-dealkylation sites (N-methyl/N-ethyl adjacent to an activating group) is 1. The lowest BCUT2D eigenvalue weighted by Crippen LogP contribution is -2.45. The lowest BCUT2D eigenvalue weighted by Gasteiger charge is -2.32. The zero-order valence-electron chi connectivity index (χ0n) is 12.1. The summed E-state index contributed by atoms with van der Waals surface area (Å²) >= 11 is 0. The van der Waals surface area contributed by atoms with E-state index in [-0.39, 0.29) is 0 Å². The molecule has 0 unspecified atom stereocenters. The number of piperazine rings is 1. The van der Waals surface area contributed by atoms with Crippen molar-refractivity contribution in [2.75, 3.05) is 43.4 Å². The van der Waals surface area contributed by atoms with Crippen LogP contribution in [0.25, 0.3) is 0 Å². The summed E-state index contributed by atoms with van der Waals surface area (Å²) in [5.41, 5.74) is 0.406. The van der Waals surface area contributed by atoms with Gasteiger partial charge < -0.3 is 15.1 Å². The van der Waals surface area contributed by atoms with Crippen molar-refractivity contribution in [3.63, 3.8) is 0 Å². The molecule has 0 saturated carbocycles. The van der Waals surface area contributed by atoms with Crippen LogP contribution in [0, 0.1) is 11.6 Å². The number of nitrogens with zero attached hydrogens (tertiary/aromatic N) is 5. The highest BCUT2D eigenvalue weighted by atomic mass is 19.2. The molecule has 0 amide bonds. The predicted octanol–water partition coefficient (Wildman–Crippen LogP) is 1.65. The molecule has 0 spiro atoms. The molecule has 1 aliphatic rings. The van der Waals surface area contributed by atoms with Crippen molar-refractivity contribution in [2.24, 2.45) is 0 Å². The molecule has 116 valence electrons. The second-order valence-electron chi connectivity index (χ2n) is 5.19. The highest BCUT2D eigenvalue weighted by Crippen LogP contribution is 2.18. The van der Waals surface area contributed by atoms with Crippen LogP contribution in [0.3, 0.4) is 0 Å². The molecule has 22 heavy (non-hydrogen) atoms. The summed E-state index contributed by atoms with van der Waals surface area (Å²) in [5, 5.41) is 10.9. The Balaban J connectivity index is 1.74. The molecule has 1 aromatic carbocycles. The van der Waals surface area contributed by atoms with Gasteiger partial charge in [-0.05, 0) is 19.2 Å². The minimum atomic E-state index is -0.911. The first-order valence-electron chi connectivity index (χ1n) is 6.97. The smallest absolute Gasteiger partial charge is 0.247 e. The SMILES string of the molecule is CN1CCN(c2nncc(Nc3ccc(F)c(F)c3)n2)CC1. The Morgan fingerprint density at radius 3 is 2.59 bits per heavy atom. The van der Waals surface area contributed by atoms with Gasteiger partial charge in [-0.25, -0.2) is 8.78 Å². The predicted molar refractivity (Wildman–Crippen MR) is 79.2 cm³/mol. The number of benzene rings is 1. The van der Waals surface area contributed by atoms with Gasteiger partial charge in [-0.3, -0.25) is 0 Å². The number of hydrogen-bond donors (Lipinski definition) is 1. The Kier molecular flexibility index (Phi) is 4.10. The molecule has 2 aromatic rings. The highest BCUT2D eigenvalue weighted by molar-refractivity contribution is 5.56. The Labute approximate surface area is 126 Å². The third kappa shape index (κ3) is 3.28. The summed E-state index contributed by atoms with van der Waals surface area (Å²) in [7, 11) is 2.07. The van der Waals surface area contributed by atoms with Crippen LogP contribution in [-0.2, 0) is 0 Å². The first kappa shape index (κ1) is 14.6. The van der Waals surface area contributed by atoms with Gasteiger partial charge in [0.15, 0.2) is 17.5 Å². The fourth-order valence-electron chi connectivity index (χ4n) is 2.22. The average molecular weight is 306 g/mol. The fraction of sp³-hybridized carbons (Fsp3) is 0.357. The number of hydrogen-bond acceptors (Lipinski definition) is 6. The molecule has 1 N–H and O–H groups in total. The van der Waals surface area contributed by atoms with Crippen LogP contribution in [0.5, 0.6) is 0 Å². The number of anilines is 3. The summed E-state index contributed by atoms with van der Waals surface area (Å²) in [6.45, 7) is 3.52. The van der Waals surface area contributed by atoms with Gasteiger partial charge in [0.1, 0.15) is 0 Å². The first-order valence-corrected chi connectivity index (χ1v) is 6.97. The maximum atomic E-state index is 13.2. The maximum Gasteiger partial charge on any atom is 0.247 e. The standard InChI is InChI=1S/C14H16F2N6/c1-21-4-6-22(7-5-21)14-19-13(9-17-20-14)18-10-2-3-11(15)12(16)8-10/h2-3,8-9H,4-7H2,1H3,(H,18,19,20). The fourth-order valence-corrected chi connectivity index (χ4v) is 2.22. The van der Waals surface area contributed by atoms with Gasteiger partial charge in [-0.2, -0.15) is 10.1 Å². The van der Waals surface area contributed by atoms with Gasteiger partial charge in [0, 0.05) is 37.9 Å². The van der Waals surface area contributed by atoms with E-state index in [0.29, 0.717) is 17.5 Å². The van der Waals surface area contributed by atoms with E-state index in [1.54, 1.807) is 0 Å². The lowest BCUT2D eigenvalue weighted by molar-refractivity contribution is 0.311. The number of aromatic nitrogens is 3. The molecule has 3 rings (SSSR count). The van der Waals surface area contributed by atoms with Crippen molar-refractivity contribution in [1.29, 1.82) is 0 Å². The lowest BCUT2D eigenvalue weighted by atomic mass is 10.3. The van der Waals surface area contributed by atoms with Gasteiger partial charge in [-0.1, -0.05) is 0 Å². The van der Waals surface area contributed by atoms with Crippen LogP contribution in [0.15, 0.2) is 24.4 Å². The normalized spacial score (nSPS) is 15.9. The molecule has 2 heterocycles. The van der Waals surface area contributed by atoms with E-state index in [1.807, 2.05) is 4.90 Å². The van der Waals surface area contributed by atoms with Crippen LogP contribution >= 0.6 is 0 Å². The number of rotatable bonds is 3. The molecule has 1 aromatic heterocycles. The van der Waals surface area contributed by atoms with Crippen molar-refractivity contribution in [3.05, 3.63) is 36.0 Å². The summed E-state index contributed by atoms with van der Waals surface area (Å²) in [6.07, 6.45) is 1.45. The second kappa shape index (κ2) is 6.18. The molecule has 0 radical (unpaired) electrons. The largest absolute Gasteiger partial charge is 0.339 e. The zero-order valence-corrected chi connectivity index (χ0v) is 12.1. The zero-order chi connectivity index (χ0) is 15.5. The molecule has 1 fully saturated rings. The van der Waals surface area contributed by atoms with Gasteiger partial charge >= 0.3 is 0 Å². The van der Waals surface area contributed by atoms with Crippen molar-refractivity contribution in [2.45, 2.75) is 0 Å². The third-order valence-corrected chi connectivity index (χ3v) is 3.53. The summed E-state index contributed by atoms with van der Waals surface area (Å²) < 4.78 is 26.1. The van der Waals surface area contributed by atoms with Crippen LogP contribution in [0.4, 0.5) is 26.2 Å². The van der Waals surface area contributed by atoms with E-state index in [9.17, 15) is 8.78 Å². The van der Waals surface area contributed by atoms with E-state index >= 15 is 0 Å². The molecular formula is C14H16F2N6. The van der Waals surface area contributed by atoms with Crippen molar-refractivity contribution >= 4 is 17.5 Å². The Bertz CT molecular complexity index is 658. The minimum absolute atomic E-state index is 0.406. The monoisotopic (exact) mass is 306 g/mol. The van der Waals surface area contributed by atoms with Crippen LogP contribution in [0.2, 0.25) is 0 Å². The van der Waals surface area contributed by atoms with Crippen LogP contribution < -0.4 is 10.2 Å². The molecular weight excluding hydrogens is 290 g/mol. The molecule has 0 aliphatic carbocycles. The summed E-state index contributed by atoms with van der Waals surface area (Å²) in [4.78, 5) is 8.65. The van der Waals surface area contributed by atoms with E-state index < -0.39 is 11.6 Å². The van der Waals surface area contributed by atoms with Crippen molar-refractivity contribution in [1.82, 2.24) is 20.1 Å². The third-order valence-electron chi connectivity index (χ3n) is 3.53. The second-order valence-corrected chi connectivity index (χ2v) is 5.19. The van der Waals surface area contributed by atoms with Crippen molar-refractivity contribution in [3.8, 4) is 0 Å². The van der Waals surface area contributed by atoms with Gasteiger partial charge in [0.2, 0.25) is 5.95 Å². The average Bonchev–Trinajstić information content (AvgIpc) is 2.52. The molecule has 8 heteroatoms. The highest BCUT2D eigenvalue weighted by Gasteiger charge is 2.17. The summed E-state index contributed by atoms with van der Waals surface area (Å²) in [5.74, 6) is -0.827. The minimum Gasteiger partial charge on any atom is -0.339 e. The Hall–Kier alpha value is -2.35. The van der Waals surface area contributed by atoms with E-state index in [1.165, 1.54) is 12.3 Å². The number of halogens is 2. The molecule has 1 aliphatic heterocycles. The topological polar surface area (TPSA) is 57.2 Å². The Morgan fingerprint density at radius 2 is 1.86 bits per heavy atom. The molecule has 1 saturated heterocycles. The first-order chi connectivity index (χ1) is 10.6. The number of nitrogens with one attached hydrogen (secondary N) is 1. The van der Waals surface area contributed by atoms with E-state index in [2.05, 4.69) is 32.4 Å². The van der Waals surface area contributed by atoms with Crippen LogP contribution in [-0.4, -0.2) is 53.3 Å². The van der Waals surface area contributed by atoms with E-state index in [0.717, 1.165) is 38.3 Å².